The van der Waals surface area contributed by atoms with Gasteiger partial charge in [0.2, 0.25) is 0 Å². The molecule has 0 bridgehead atoms. The summed E-state index contributed by atoms with van der Waals surface area (Å²) in [6.07, 6.45) is 4.03. The third kappa shape index (κ3) is 3.41. The molecular formula is C13H26N2O2. The molecule has 0 amide bonds. The van der Waals surface area contributed by atoms with E-state index in [-0.39, 0.29) is 5.60 Å². The summed E-state index contributed by atoms with van der Waals surface area (Å²) in [5.41, 5.74) is -0.515. The summed E-state index contributed by atoms with van der Waals surface area (Å²) < 4.78 is 5.60. The van der Waals surface area contributed by atoms with Gasteiger partial charge in [-0.3, -0.25) is 4.90 Å². The van der Waals surface area contributed by atoms with Crippen molar-refractivity contribution in [2.75, 3.05) is 39.8 Å². The van der Waals surface area contributed by atoms with Gasteiger partial charge in [0.1, 0.15) is 0 Å². The standard InChI is InChI=1S/C13H26N2O2/c1-12(17-2)4-3-9-15(10-12)11-13(16)5-7-14-8-6-13/h14,16H,3-11H2,1-2H3. The number of likely N-dealkylation sites (tertiary alicyclic amines) is 1. The lowest BCUT2D eigenvalue weighted by Crippen LogP contribution is -2.55. The van der Waals surface area contributed by atoms with E-state index in [2.05, 4.69) is 17.1 Å². The smallest absolute Gasteiger partial charge is 0.0798 e. The Kier molecular flexibility index (Phi) is 4.08. The van der Waals surface area contributed by atoms with Gasteiger partial charge in [0, 0.05) is 20.2 Å². The molecule has 0 aliphatic carbocycles. The molecule has 0 aromatic rings. The van der Waals surface area contributed by atoms with Crippen molar-refractivity contribution in [1.82, 2.24) is 10.2 Å². The maximum absolute atomic E-state index is 10.5. The fraction of sp³-hybridized carbons (Fsp3) is 1.00. The normalized spacial score (nSPS) is 34.8. The molecule has 2 aliphatic rings. The van der Waals surface area contributed by atoms with Crippen molar-refractivity contribution < 1.29 is 9.84 Å². The first-order valence-corrected chi connectivity index (χ1v) is 6.76. The number of β-amino-alcohol motifs (C(OH)–C–C–N with tert-alkyl or cyclic N) is 1. The summed E-state index contributed by atoms with van der Waals surface area (Å²) in [6, 6.07) is 0. The molecule has 4 heteroatoms. The minimum Gasteiger partial charge on any atom is -0.388 e. The first kappa shape index (κ1) is 13.3. The molecule has 0 aromatic heterocycles. The van der Waals surface area contributed by atoms with Crippen LogP contribution in [0.3, 0.4) is 0 Å². The monoisotopic (exact) mass is 242 g/mol. The van der Waals surface area contributed by atoms with Crippen LogP contribution in [0.5, 0.6) is 0 Å². The second-order valence-electron chi connectivity index (χ2n) is 5.94. The molecule has 2 aliphatic heterocycles. The van der Waals surface area contributed by atoms with Crippen LogP contribution in [0.15, 0.2) is 0 Å². The van der Waals surface area contributed by atoms with Gasteiger partial charge in [0.15, 0.2) is 0 Å². The number of nitrogens with zero attached hydrogens (tertiary/aromatic N) is 1. The van der Waals surface area contributed by atoms with E-state index in [1.807, 2.05) is 0 Å². The third-order valence-corrected chi connectivity index (χ3v) is 4.28. The lowest BCUT2D eigenvalue weighted by atomic mass is 9.89. The minimum atomic E-state index is -0.489. The van der Waals surface area contributed by atoms with Gasteiger partial charge in [-0.1, -0.05) is 0 Å². The topological polar surface area (TPSA) is 44.7 Å². The largest absolute Gasteiger partial charge is 0.388 e. The highest BCUT2D eigenvalue weighted by Crippen LogP contribution is 2.27. The Morgan fingerprint density at radius 3 is 2.65 bits per heavy atom. The van der Waals surface area contributed by atoms with Crippen molar-refractivity contribution >= 4 is 0 Å². The zero-order valence-corrected chi connectivity index (χ0v) is 11.2. The summed E-state index contributed by atoms with van der Waals surface area (Å²) in [6.45, 7) is 6.88. The number of rotatable bonds is 3. The van der Waals surface area contributed by atoms with E-state index < -0.39 is 5.60 Å². The molecule has 100 valence electrons. The highest BCUT2D eigenvalue weighted by atomic mass is 16.5. The average Bonchev–Trinajstić information content (AvgIpc) is 2.29. The molecule has 17 heavy (non-hydrogen) atoms. The van der Waals surface area contributed by atoms with Crippen LogP contribution in [0.1, 0.15) is 32.6 Å². The second-order valence-corrected chi connectivity index (χ2v) is 5.94. The number of ether oxygens (including phenoxy) is 1. The average molecular weight is 242 g/mol. The molecule has 0 saturated carbocycles. The van der Waals surface area contributed by atoms with Crippen LogP contribution in [0, 0.1) is 0 Å². The molecule has 1 unspecified atom stereocenters. The van der Waals surface area contributed by atoms with Crippen molar-refractivity contribution in [3.63, 3.8) is 0 Å². The van der Waals surface area contributed by atoms with Crippen LogP contribution in [-0.2, 0) is 4.74 Å². The van der Waals surface area contributed by atoms with Crippen LogP contribution >= 0.6 is 0 Å². The molecular weight excluding hydrogens is 216 g/mol. The molecule has 1 atom stereocenters. The number of hydrogen-bond acceptors (Lipinski definition) is 4. The van der Waals surface area contributed by atoms with Gasteiger partial charge in [0.25, 0.3) is 0 Å². The van der Waals surface area contributed by atoms with E-state index >= 15 is 0 Å². The van der Waals surface area contributed by atoms with Gasteiger partial charge in [0.05, 0.1) is 11.2 Å². The van der Waals surface area contributed by atoms with E-state index in [9.17, 15) is 5.11 Å². The molecule has 2 fully saturated rings. The number of methoxy groups -OCH3 is 1. The summed E-state index contributed by atoms with van der Waals surface area (Å²) >= 11 is 0. The Morgan fingerprint density at radius 2 is 2.00 bits per heavy atom. The maximum atomic E-state index is 10.5. The molecule has 4 nitrogen and oxygen atoms in total. The number of aliphatic hydroxyl groups is 1. The van der Waals surface area contributed by atoms with Gasteiger partial charge >= 0.3 is 0 Å². The van der Waals surface area contributed by atoms with E-state index in [1.54, 1.807) is 7.11 Å². The zero-order valence-electron chi connectivity index (χ0n) is 11.2. The van der Waals surface area contributed by atoms with Crippen LogP contribution in [0.2, 0.25) is 0 Å². The van der Waals surface area contributed by atoms with E-state index in [1.165, 1.54) is 6.42 Å². The summed E-state index contributed by atoms with van der Waals surface area (Å²) in [5.74, 6) is 0. The van der Waals surface area contributed by atoms with E-state index in [0.29, 0.717) is 0 Å². The Labute approximate surface area is 104 Å². The fourth-order valence-corrected chi connectivity index (χ4v) is 3.08. The fourth-order valence-electron chi connectivity index (χ4n) is 3.08. The lowest BCUT2D eigenvalue weighted by Gasteiger charge is -2.43. The Bertz CT molecular complexity index is 254. The third-order valence-electron chi connectivity index (χ3n) is 4.28. The van der Waals surface area contributed by atoms with Crippen molar-refractivity contribution in [2.45, 2.75) is 43.8 Å². The summed E-state index contributed by atoms with van der Waals surface area (Å²) in [7, 11) is 1.79. The Balaban J connectivity index is 1.89. The maximum Gasteiger partial charge on any atom is 0.0798 e. The molecule has 2 heterocycles. The molecule has 2 rings (SSSR count). The van der Waals surface area contributed by atoms with Crippen molar-refractivity contribution in [1.29, 1.82) is 0 Å². The van der Waals surface area contributed by atoms with Crippen molar-refractivity contribution in [3.05, 3.63) is 0 Å². The summed E-state index contributed by atoms with van der Waals surface area (Å²) in [4.78, 5) is 2.37. The van der Waals surface area contributed by atoms with Crippen molar-refractivity contribution in [3.8, 4) is 0 Å². The first-order valence-electron chi connectivity index (χ1n) is 6.76. The van der Waals surface area contributed by atoms with Crippen LogP contribution in [-0.4, -0.2) is 61.0 Å². The predicted molar refractivity (Wildman–Crippen MR) is 68.1 cm³/mol. The SMILES string of the molecule is COC1(C)CCCN(CC2(O)CCNCC2)C1. The second kappa shape index (κ2) is 5.22. The van der Waals surface area contributed by atoms with Crippen LogP contribution in [0.4, 0.5) is 0 Å². The zero-order chi connectivity index (χ0) is 12.4. The quantitative estimate of drug-likeness (QED) is 0.761. The van der Waals surface area contributed by atoms with Gasteiger partial charge in [-0.05, 0) is 52.2 Å². The van der Waals surface area contributed by atoms with Crippen LogP contribution in [0.25, 0.3) is 0 Å². The Morgan fingerprint density at radius 1 is 1.29 bits per heavy atom. The predicted octanol–water partition coefficient (Wildman–Crippen LogP) is 0.602. The number of nitrogens with one attached hydrogen (secondary N) is 1. The molecule has 0 radical (unpaired) electrons. The number of hydrogen-bond donors (Lipinski definition) is 2. The Hall–Kier alpha value is -0.160. The molecule has 0 aromatic carbocycles. The lowest BCUT2D eigenvalue weighted by molar-refractivity contribution is -0.0810. The van der Waals surface area contributed by atoms with E-state index in [4.69, 9.17) is 4.74 Å². The summed E-state index contributed by atoms with van der Waals surface area (Å²) in [5, 5.41) is 13.8. The molecule has 2 saturated heterocycles. The van der Waals surface area contributed by atoms with Gasteiger partial charge < -0.3 is 15.2 Å². The van der Waals surface area contributed by atoms with Gasteiger partial charge in [-0.15, -0.1) is 0 Å². The minimum absolute atomic E-state index is 0.0263. The van der Waals surface area contributed by atoms with Gasteiger partial charge in [-0.2, -0.15) is 0 Å². The first-order chi connectivity index (χ1) is 8.05. The molecule has 2 N–H and O–H groups in total. The molecule has 0 spiro atoms. The van der Waals surface area contributed by atoms with Crippen LogP contribution < -0.4 is 5.32 Å². The van der Waals surface area contributed by atoms with Gasteiger partial charge in [-0.25, -0.2) is 0 Å². The highest BCUT2D eigenvalue weighted by molar-refractivity contribution is 4.91. The highest BCUT2D eigenvalue weighted by Gasteiger charge is 2.36. The van der Waals surface area contributed by atoms with E-state index in [0.717, 1.165) is 52.0 Å². The van der Waals surface area contributed by atoms with Crippen molar-refractivity contribution in [2.24, 2.45) is 0 Å². The number of piperidine rings is 2.